The maximum absolute atomic E-state index is 14.0. The average molecular weight is 518 g/mol. The molecule has 3 aromatic carbocycles. The van der Waals surface area contributed by atoms with Gasteiger partial charge in [-0.25, -0.2) is 0 Å². The molecular formula is C29H24ClNO6. The van der Waals surface area contributed by atoms with Gasteiger partial charge in [-0.3, -0.25) is 14.5 Å². The SMILES string of the molecule is COc1ccccc1C1C(C(=O)c2cc3cc(Cl)cc(OC)c3o2)=C(O)C(=O)N1c1ccc(C)cc1C. The Labute approximate surface area is 218 Å². The molecule has 1 aliphatic heterocycles. The van der Waals surface area contributed by atoms with E-state index in [0.29, 0.717) is 38.7 Å². The first-order chi connectivity index (χ1) is 17.7. The van der Waals surface area contributed by atoms with Crippen LogP contribution >= 0.6 is 11.6 Å². The zero-order chi connectivity index (χ0) is 26.4. The molecule has 1 amide bonds. The summed E-state index contributed by atoms with van der Waals surface area (Å²) in [5, 5.41) is 12.1. The molecular weight excluding hydrogens is 494 g/mol. The Morgan fingerprint density at radius 1 is 1.00 bits per heavy atom. The van der Waals surface area contributed by atoms with Crippen molar-refractivity contribution in [2.24, 2.45) is 0 Å². The Balaban J connectivity index is 1.71. The van der Waals surface area contributed by atoms with Crippen LogP contribution in [0, 0.1) is 13.8 Å². The summed E-state index contributed by atoms with van der Waals surface area (Å²) in [6.07, 6.45) is 0. The number of nitrogens with zero attached hydrogens (tertiary/aromatic N) is 1. The van der Waals surface area contributed by atoms with Crippen molar-refractivity contribution < 1.29 is 28.6 Å². The zero-order valence-corrected chi connectivity index (χ0v) is 21.4. The van der Waals surface area contributed by atoms with E-state index in [9.17, 15) is 14.7 Å². The molecule has 4 aromatic rings. The van der Waals surface area contributed by atoms with Crippen LogP contribution in [-0.2, 0) is 4.79 Å². The number of amides is 1. The van der Waals surface area contributed by atoms with Gasteiger partial charge < -0.3 is 19.0 Å². The molecule has 1 N–H and O–H groups in total. The summed E-state index contributed by atoms with van der Waals surface area (Å²) in [5.74, 6) is -1.21. The number of carbonyl (C=O) groups is 2. The van der Waals surface area contributed by atoms with Gasteiger partial charge in [0, 0.05) is 27.7 Å². The lowest BCUT2D eigenvalue weighted by Crippen LogP contribution is -2.32. The fourth-order valence-corrected chi connectivity index (χ4v) is 5.05. The maximum atomic E-state index is 14.0. The largest absolute Gasteiger partial charge is 0.503 e. The number of fused-ring (bicyclic) bond motifs is 1. The first-order valence-electron chi connectivity index (χ1n) is 11.5. The lowest BCUT2D eigenvalue weighted by molar-refractivity contribution is -0.117. The van der Waals surface area contributed by atoms with Crippen molar-refractivity contribution in [3.8, 4) is 11.5 Å². The smallest absolute Gasteiger partial charge is 0.294 e. The normalized spacial score (nSPS) is 15.5. The first-order valence-corrected chi connectivity index (χ1v) is 11.9. The van der Waals surface area contributed by atoms with E-state index >= 15 is 0 Å². The second kappa shape index (κ2) is 9.33. The summed E-state index contributed by atoms with van der Waals surface area (Å²) < 4.78 is 16.8. The summed E-state index contributed by atoms with van der Waals surface area (Å²) in [7, 11) is 2.98. The van der Waals surface area contributed by atoms with Crippen LogP contribution in [-0.4, -0.2) is 31.0 Å². The summed E-state index contributed by atoms with van der Waals surface area (Å²) in [6.45, 7) is 3.83. The Morgan fingerprint density at radius 3 is 2.43 bits per heavy atom. The van der Waals surface area contributed by atoms with Gasteiger partial charge in [-0.15, -0.1) is 0 Å². The summed E-state index contributed by atoms with van der Waals surface area (Å²) >= 11 is 6.19. The van der Waals surface area contributed by atoms with Crippen molar-refractivity contribution in [2.75, 3.05) is 19.1 Å². The van der Waals surface area contributed by atoms with Gasteiger partial charge in [0.1, 0.15) is 5.75 Å². The molecule has 0 bridgehead atoms. The number of para-hydroxylation sites is 1. The Kier molecular flexibility index (Phi) is 6.17. The van der Waals surface area contributed by atoms with Crippen LogP contribution in [0.2, 0.25) is 5.02 Å². The number of aliphatic hydroxyl groups is 1. The molecule has 2 heterocycles. The number of hydrogen-bond donors (Lipinski definition) is 1. The van der Waals surface area contributed by atoms with Crippen LogP contribution in [0.5, 0.6) is 11.5 Å². The number of benzene rings is 3. The number of ether oxygens (including phenoxy) is 2. The number of halogens is 1. The van der Waals surface area contributed by atoms with Crippen molar-refractivity contribution in [3.63, 3.8) is 0 Å². The molecule has 0 radical (unpaired) electrons. The number of carbonyl (C=O) groups excluding carboxylic acids is 2. The Morgan fingerprint density at radius 2 is 1.73 bits per heavy atom. The summed E-state index contributed by atoms with van der Waals surface area (Å²) in [4.78, 5) is 28.9. The standard InChI is InChI=1S/C29H24ClNO6/c1-15-9-10-20(16(2)11-15)31-25(19-7-5-6-8-21(19)35-3)24(27(33)29(31)34)26(32)22-13-17-12-18(30)14-23(36-4)28(17)37-22/h5-14,25,33H,1-4H3. The van der Waals surface area contributed by atoms with Crippen molar-refractivity contribution in [3.05, 3.63) is 99.5 Å². The molecule has 0 saturated carbocycles. The molecule has 188 valence electrons. The minimum absolute atomic E-state index is 0.0627. The molecule has 7 nitrogen and oxygen atoms in total. The maximum Gasteiger partial charge on any atom is 0.294 e. The molecule has 37 heavy (non-hydrogen) atoms. The molecule has 5 rings (SSSR count). The van der Waals surface area contributed by atoms with E-state index < -0.39 is 23.5 Å². The topological polar surface area (TPSA) is 89.2 Å². The van der Waals surface area contributed by atoms with E-state index in [1.807, 2.05) is 26.0 Å². The number of Topliss-reactive ketones (excluding diaryl/α,β-unsaturated/α-hetero) is 1. The highest BCUT2D eigenvalue weighted by molar-refractivity contribution is 6.31. The number of hydrogen-bond acceptors (Lipinski definition) is 6. The van der Waals surface area contributed by atoms with Crippen LogP contribution in [0.1, 0.15) is 33.3 Å². The van der Waals surface area contributed by atoms with Crippen LogP contribution in [0.25, 0.3) is 11.0 Å². The predicted octanol–water partition coefficient (Wildman–Crippen LogP) is 6.50. The number of ketones is 1. The van der Waals surface area contributed by atoms with Crippen LogP contribution in [0.15, 0.2) is 76.4 Å². The van der Waals surface area contributed by atoms with E-state index in [4.69, 9.17) is 25.5 Å². The molecule has 8 heteroatoms. The number of furan rings is 1. The summed E-state index contributed by atoms with van der Waals surface area (Å²) in [6, 6.07) is 16.5. The zero-order valence-electron chi connectivity index (χ0n) is 20.7. The van der Waals surface area contributed by atoms with E-state index in [-0.39, 0.29) is 11.3 Å². The number of rotatable bonds is 6. The highest BCUT2D eigenvalue weighted by Gasteiger charge is 2.46. The number of aliphatic hydroxyl groups excluding tert-OH is 1. The number of aryl methyl sites for hydroxylation is 2. The molecule has 0 fully saturated rings. The lowest BCUT2D eigenvalue weighted by atomic mass is 9.93. The molecule has 0 saturated heterocycles. The van der Waals surface area contributed by atoms with Crippen LogP contribution in [0.3, 0.4) is 0 Å². The summed E-state index contributed by atoms with van der Waals surface area (Å²) in [5.41, 5.74) is 3.17. The second-order valence-corrected chi connectivity index (χ2v) is 9.27. The third-order valence-corrected chi connectivity index (χ3v) is 6.71. The third kappa shape index (κ3) is 4.01. The molecule has 0 aliphatic carbocycles. The van der Waals surface area contributed by atoms with Gasteiger partial charge in [-0.2, -0.15) is 0 Å². The second-order valence-electron chi connectivity index (χ2n) is 8.84. The van der Waals surface area contributed by atoms with Crippen molar-refractivity contribution >= 4 is 39.9 Å². The average Bonchev–Trinajstić information content (AvgIpc) is 3.42. The van der Waals surface area contributed by atoms with Gasteiger partial charge in [-0.05, 0) is 43.7 Å². The van der Waals surface area contributed by atoms with Crippen molar-refractivity contribution in [2.45, 2.75) is 19.9 Å². The fourth-order valence-electron chi connectivity index (χ4n) is 4.83. The molecule has 1 atom stereocenters. The molecule has 1 unspecified atom stereocenters. The van der Waals surface area contributed by atoms with Gasteiger partial charge in [-0.1, -0.05) is 47.5 Å². The Hall–Kier alpha value is -4.23. The minimum atomic E-state index is -0.962. The van der Waals surface area contributed by atoms with E-state index in [2.05, 4.69) is 0 Å². The minimum Gasteiger partial charge on any atom is -0.503 e. The predicted molar refractivity (Wildman–Crippen MR) is 141 cm³/mol. The Bertz CT molecular complexity index is 1600. The van der Waals surface area contributed by atoms with Crippen LogP contribution < -0.4 is 14.4 Å². The lowest BCUT2D eigenvalue weighted by Gasteiger charge is -2.29. The highest BCUT2D eigenvalue weighted by atomic mass is 35.5. The van der Waals surface area contributed by atoms with Crippen molar-refractivity contribution in [1.29, 1.82) is 0 Å². The van der Waals surface area contributed by atoms with Gasteiger partial charge in [0.15, 0.2) is 22.9 Å². The van der Waals surface area contributed by atoms with Crippen molar-refractivity contribution in [1.82, 2.24) is 0 Å². The number of anilines is 1. The van der Waals surface area contributed by atoms with Gasteiger partial charge in [0.25, 0.3) is 5.91 Å². The molecule has 1 aromatic heterocycles. The van der Waals surface area contributed by atoms with E-state index in [0.717, 1.165) is 11.1 Å². The molecule has 0 spiro atoms. The first kappa shape index (κ1) is 24.5. The van der Waals surface area contributed by atoms with E-state index in [1.54, 1.807) is 42.5 Å². The quantitative estimate of drug-likeness (QED) is 0.293. The van der Waals surface area contributed by atoms with Gasteiger partial charge >= 0.3 is 0 Å². The highest BCUT2D eigenvalue weighted by Crippen LogP contribution is 2.46. The third-order valence-electron chi connectivity index (χ3n) is 6.49. The van der Waals surface area contributed by atoms with Crippen LogP contribution in [0.4, 0.5) is 5.69 Å². The fraction of sp³-hybridized carbons (Fsp3) is 0.172. The number of methoxy groups -OCH3 is 2. The molecule has 1 aliphatic rings. The van der Waals surface area contributed by atoms with Gasteiger partial charge in [0.2, 0.25) is 5.78 Å². The van der Waals surface area contributed by atoms with Gasteiger partial charge in [0.05, 0.1) is 25.8 Å². The van der Waals surface area contributed by atoms with E-state index in [1.165, 1.54) is 25.2 Å². The monoisotopic (exact) mass is 517 g/mol.